The van der Waals surface area contributed by atoms with Crippen molar-refractivity contribution < 1.29 is 14.5 Å². The summed E-state index contributed by atoms with van der Waals surface area (Å²) in [4.78, 5) is 34.4. The van der Waals surface area contributed by atoms with E-state index in [0.29, 0.717) is 16.7 Å². The third-order valence-electron chi connectivity index (χ3n) is 4.59. The molecule has 0 spiro atoms. The van der Waals surface area contributed by atoms with Crippen LogP contribution in [0, 0.1) is 10.1 Å². The number of hydrogen-bond donors (Lipinski definition) is 0. The van der Waals surface area contributed by atoms with Crippen LogP contribution in [0.3, 0.4) is 0 Å². The van der Waals surface area contributed by atoms with Crippen molar-refractivity contribution in [2.24, 2.45) is 0 Å². The standard InChI is InChI=1S/C13H8Br2O.C13H9NO3/c14-11-5-1-9(2-6-11)13(16)10-3-7-12(15)8-4-10;15-13(10-6-2-1-3-7-10)11-8-4-5-9-12(11)14(16)17/h1-8H;1-9H. The van der Waals surface area contributed by atoms with Gasteiger partial charge in [0.05, 0.1) is 4.92 Å². The summed E-state index contributed by atoms with van der Waals surface area (Å²) in [5, 5.41) is 10.8. The van der Waals surface area contributed by atoms with Crippen LogP contribution in [0.1, 0.15) is 31.8 Å². The van der Waals surface area contributed by atoms with Gasteiger partial charge in [0.25, 0.3) is 5.69 Å². The summed E-state index contributed by atoms with van der Waals surface area (Å²) in [7, 11) is 0. The van der Waals surface area contributed by atoms with E-state index in [-0.39, 0.29) is 22.8 Å². The number of hydrogen-bond acceptors (Lipinski definition) is 4. The summed E-state index contributed by atoms with van der Waals surface area (Å²) in [6.07, 6.45) is 0. The second-order valence-electron chi connectivity index (χ2n) is 6.81. The normalized spacial score (nSPS) is 10.0. The zero-order chi connectivity index (χ0) is 23.8. The van der Waals surface area contributed by atoms with Crippen molar-refractivity contribution >= 4 is 49.1 Å². The molecule has 0 aromatic heterocycles. The second kappa shape index (κ2) is 11.4. The molecule has 0 aliphatic heterocycles. The number of ketones is 2. The molecule has 0 fully saturated rings. The number of nitro groups is 1. The van der Waals surface area contributed by atoms with Crippen molar-refractivity contribution in [3.63, 3.8) is 0 Å². The second-order valence-corrected chi connectivity index (χ2v) is 8.64. The molecular weight excluding hydrogens is 550 g/mol. The zero-order valence-corrected chi connectivity index (χ0v) is 20.3. The van der Waals surface area contributed by atoms with Gasteiger partial charge in [-0.2, -0.15) is 0 Å². The molecule has 4 rings (SSSR count). The SMILES string of the molecule is O=C(c1ccc(Br)cc1)c1ccc(Br)cc1.O=C(c1ccccc1)c1ccccc1[N+](=O)[O-]. The first-order valence-corrected chi connectivity index (χ1v) is 11.3. The molecular formula is C26H17Br2NO4. The van der Waals surface area contributed by atoms with Crippen LogP contribution in [-0.4, -0.2) is 16.5 Å². The molecule has 0 saturated carbocycles. The Labute approximate surface area is 207 Å². The minimum atomic E-state index is -0.545. The van der Waals surface area contributed by atoms with Gasteiger partial charge < -0.3 is 0 Å². The summed E-state index contributed by atoms with van der Waals surface area (Å²) >= 11 is 6.69. The molecule has 4 aromatic rings. The zero-order valence-electron chi connectivity index (χ0n) is 17.2. The molecule has 7 heteroatoms. The molecule has 0 saturated heterocycles. The Morgan fingerprint density at radius 3 is 1.48 bits per heavy atom. The molecule has 0 heterocycles. The lowest BCUT2D eigenvalue weighted by molar-refractivity contribution is -0.385. The van der Waals surface area contributed by atoms with Gasteiger partial charge in [-0.15, -0.1) is 0 Å². The molecule has 0 N–H and O–H groups in total. The van der Waals surface area contributed by atoms with Crippen molar-refractivity contribution in [3.05, 3.63) is 144 Å². The van der Waals surface area contributed by atoms with E-state index in [0.717, 1.165) is 8.95 Å². The Hall–Kier alpha value is -3.42. The Bertz CT molecular complexity index is 1220. The van der Waals surface area contributed by atoms with E-state index >= 15 is 0 Å². The number of halogens is 2. The predicted octanol–water partition coefficient (Wildman–Crippen LogP) is 7.27. The van der Waals surface area contributed by atoms with Crippen LogP contribution in [0.5, 0.6) is 0 Å². The Balaban J connectivity index is 0.000000186. The van der Waals surface area contributed by atoms with Gasteiger partial charge in [-0.1, -0.05) is 74.3 Å². The highest BCUT2D eigenvalue weighted by molar-refractivity contribution is 9.10. The van der Waals surface area contributed by atoms with Crippen molar-refractivity contribution in [3.8, 4) is 0 Å². The first kappa shape index (κ1) is 24.2. The van der Waals surface area contributed by atoms with Gasteiger partial charge in [-0.3, -0.25) is 19.7 Å². The summed E-state index contributed by atoms with van der Waals surface area (Å²) in [5.41, 5.74) is 1.79. The van der Waals surface area contributed by atoms with Crippen molar-refractivity contribution in [2.75, 3.05) is 0 Å². The average molecular weight is 567 g/mol. The van der Waals surface area contributed by atoms with Gasteiger partial charge in [-0.25, -0.2) is 0 Å². The first-order chi connectivity index (χ1) is 15.9. The average Bonchev–Trinajstić information content (AvgIpc) is 2.85. The van der Waals surface area contributed by atoms with Crippen LogP contribution in [0.25, 0.3) is 0 Å². The van der Waals surface area contributed by atoms with E-state index in [1.54, 1.807) is 42.5 Å². The van der Waals surface area contributed by atoms with Crippen LogP contribution in [-0.2, 0) is 0 Å². The molecule has 33 heavy (non-hydrogen) atoms. The molecule has 0 radical (unpaired) electrons. The van der Waals surface area contributed by atoms with Crippen molar-refractivity contribution in [1.82, 2.24) is 0 Å². The Morgan fingerprint density at radius 1 is 0.576 bits per heavy atom. The lowest BCUT2D eigenvalue weighted by Crippen LogP contribution is -2.04. The maximum Gasteiger partial charge on any atom is 0.280 e. The smallest absolute Gasteiger partial charge is 0.280 e. The van der Waals surface area contributed by atoms with Gasteiger partial charge in [0, 0.05) is 31.7 Å². The maximum absolute atomic E-state index is 12.1. The number of rotatable bonds is 5. The molecule has 0 amide bonds. The highest BCUT2D eigenvalue weighted by Crippen LogP contribution is 2.21. The molecule has 4 aromatic carbocycles. The van der Waals surface area contributed by atoms with E-state index in [1.807, 2.05) is 48.5 Å². The molecule has 0 atom stereocenters. The number of benzene rings is 4. The van der Waals surface area contributed by atoms with Crippen LogP contribution in [0.4, 0.5) is 5.69 Å². The number of para-hydroxylation sites is 1. The van der Waals surface area contributed by atoms with Gasteiger partial charge in [0.1, 0.15) is 5.56 Å². The summed E-state index contributed by atoms with van der Waals surface area (Å²) < 4.78 is 1.94. The fraction of sp³-hybridized carbons (Fsp3) is 0. The van der Waals surface area contributed by atoms with Crippen LogP contribution in [0.2, 0.25) is 0 Å². The van der Waals surface area contributed by atoms with E-state index in [9.17, 15) is 19.7 Å². The lowest BCUT2D eigenvalue weighted by atomic mass is 10.0. The number of nitro benzene ring substituents is 1. The largest absolute Gasteiger partial charge is 0.289 e. The van der Waals surface area contributed by atoms with E-state index in [4.69, 9.17) is 0 Å². The van der Waals surface area contributed by atoms with Crippen LogP contribution in [0.15, 0.2) is 112 Å². The molecule has 0 bridgehead atoms. The van der Waals surface area contributed by atoms with Gasteiger partial charge in [0.15, 0.2) is 11.6 Å². The fourth-order valence-corrected chi connectivity index (χ4v) is 3.47. The summed E-state index contributed by atoms with van der Waals surface area (Å²) in [6, 6.07) is 29.2. The highest BCUT2D eigenvalue weighted by Gasteiger charge is 2.19. The lowest BCUT2D eigenvalue weighted by Gasteiger charge is -2.01. The van der Waals surface area contributed by atoms with Crippen molar-refractivity contribution in [2.45, 2.75) is 0 Å². The Kier molecular flexibility index (Phi) is 8.40. The fourth-order valence-electron chi connectivity index (χ4n) is 2.94. The summed E-state index contributed by atoms with van der Waals surface area (Å²) in [6.45, 7) is 0. The van der Waals surface area contributed by atoms with Crippen LogP contribution >= 0.6 is 31.9 Å². The quantitative estimate of drug-likeness (QED) is 0.145. The molecule has 164 valence electrons. The van der Waals surface area contributed by atoms with Gasteiger partial charge in [0.2, 0.25) is 0 Å². The predicted molar refractivity (Wildman–Crippen MR) is 135 cm³/mol. The molecule has 0 aliphatic carbocycles. The van der Waals surface area contributed by atoms with Gasteiger partial charge in [-0.05, 0) is 54.6 Å². The number of carbonyl (C=O) groups is 2. The first-order valence-electron chi connectivity index (χ1n) is 9.76. The third-order valence-corrected chi connectivity index (χ3v) is 5.65. The Morgan fingerprint density at radius 2 is 1.00 bits per heavy atom. The molecule has 0 unspecified atom stereocenters. The van der Waals surface area contributed by atoms with E-state index in [2.05, 4.69) is 31.9 Å². The number of nitrogens with zero attached hydrogens (tertiary/aromatic N) is 1. The monoisotopic (exact) mass is 565 g/mol. The summed E-state index contributed by atoms with van der Waals surface area (Å²) in [5.74, 6) is -0.294. The van der Waals surface area contributed by atoms with E-state index in [1.165, 1.54) is 12.1 Å². The minimum Gasteiger partial charge on any atom is -0.289 e. The topological polar surface area (TPSA) is 77.3 Å². The van der Waals surface area contributed by atoms with Crippen LogP contribution < -0.4 is 0 Å². The maximum atomic E-state index is 12.1. The van der Waals surface area contributed by atoms with E-state index < -0.39 is 4.92 Å². The molecule has 5 nitrogen and oxygen atoms in total. The molecule has 0 aliphatic rings. The van der Waals surface area contributed by atoms with Crippen molar-refractivity contribution in [1.29, 1.82) is 0 Å². The minimum absolute atomic E-state index is 0.0417. The third kappa shape index (κ3) is 6.54. The van der Waals surface area contributed by atoms with Gasteiger partial charge >= 0.3 is 0 Å². The number of carbonyl (C=O) groups excluding carboxylic acids is 2. The highest BCUT2D eigenvalue weighted by atomic mass is 79.9.